The fraction of sp³-hybridized carbons (Fsp3) is 0.533. The van der Waals surface area contributed by atoms with Gasteiger partial charge in [0.1, 0.15) is 0 Å². The number of halogens is 3. The van der Waals surface area contributed by atoms with Crippen molar-refractivity contribution in [3.05, 3.63) is 29.8 Å². The number of carbonyl (C=O) groups is 1. The van der Waals surface area contributed by atoms with Gasteiger partial charge in [-0.05, 0) is 61.8 Å². The van der Waals surface area contributed by atoms with Gasteiger partial charge in [0.2, 0.25) is 0 Å². The Bertz CT molecular complexity index is 533. The third kappa shape index (κ3) is 3.41. The van der Waals surface area contributed by atoms with Gasteiger partial charge in [0.25, 0.3) is 5.91 Å². The summed E-state index contributed by atoms with van der Waals surface area (Å²) in [6.45, 7) is 1.70. The number of benzene rings is 1. The van der Waals surface area contributed by atoms with Crippen molar-refractivity contribution in [2.24, 2.45) is 0 Å². The zero-order chi connectivity index (χ0) is 15.7. The molecule has 22 heavy (non-hydrogen) atoms. The van der Waals surface area contributed by atoms with Crippen molar-refractivity contribution in [2.45, 2.75) is 41.7 Å². The molecule has 0 spiro atoms. The lowest BCUT2D eigenvalue weighted by molar-refractivity contribution is -0.0328. The zero-order valence-electron chi connectivity index (χ0n) is 11.9. The number of amides is 1. The SMILES string of the molecule is O=C(c1ccc(SC(F)(F)F)cc1)N1C2CCNCC1CC2. The van der Waals surface area contributed by atoms with Gasteiger partial charge in [-0.1, -0.05) is 0 Å². The predicted octanol–water partition coefficient (Wildman–Crippen LogP) is 3.27. The van der Waals surface area contributed by atoms with Crippen molar-refractivity contribution in [2.75, 3.05) is 13.1 Å². The van der Waals surface area contributed by atoms with Gasteiger partial charge in [-0.25, -0.2) is 0 Å². The maximum atomic E-state index is 12.7. The van der Waals surface area contributed by atoms with E-state index in [1.165, 1.54) is 24.3 Å². The Labute approximate surface area is 131 Å². The van der Waals surface area contributed by atoms with Crippen LogP contribution in [0.25, 0.3) is 0 Å². The molecule has 2 fully saturated rings. The second kappa shape index (κ2) is 6.12. The maximum absolute atomic E-state index is 12.7. The van der Waals surface area contributed by atoms with E-state index in [1.807, 2.05) is 4.90 Å². The largest absolute Gasteiger partial charge is 0.446 e. The summed E-state index contributed by atoms with van der Waals surface area (Å²) in [6, 6.07) is 6.16. The Kier molecular flexibility index (Phi) is 4.36. The maximum Gasteiger partial charge on any atom is 0.446 e. The molecule has 0 aliphatic carbocycles. The Morgan fingerprint density at radius 3 is 2.50 bits per heavy atom. The van der Waals surface area contributed by atoms with E-state index >= 15 is 0 Å². The van der Waals surface area contributed by atoms with Gasteiger partial charge in [0, 0.05) is 29.1 Å². The molecule has 2 atom stereocenters. The number of rotatable bonds is 2. The number of nitrogens with one attached hydrogen (secondary N) is 1. The first-order valence-electron chi connectivity index (χ1n) is 7.33. The molecule has 2 unspecified atom stereocenters. The first-order chi connectivity index (χ1) is 10.4. The molecule has 0 radical (unpaired) electrons. The lowest BCUT2D eigenvalue weighted by Gasteiger charge is -2.28. The van der Waals surface area contributed by atoms with Gasteiger partial charge in [-0.2, -0.15) is 13.2 Å². The predicted molar refractivity (Wildman–Crippen MR) is 78.8 cm³/mol. The first kappa shape index (κ1) is 15.7. The third-order valence-corrected chi connectivity index (χ3v) is 4.96. The molecule has 3 rings (SSSR count). The number of thioether (sulfide) groups is 1. The van der Waals surface area contributed by atoms with Crippen LogP contribution in [0.5, 0.6) is 0 Å². The van der Waals surface area contributed by atoms with Crippen molar-refractivity contribution >= 4 is 17.7 Å². The minimum absolute atomic E-state index is 0.0697. The Morgan fingerprint density at radius 1 is 1.14 bits per heavy atom. The van der Waals surface area contributed by atoms with Gasteiger partial charge in [0.05, 0.1) is 0 Å². The van der Waals surface area contributed by atoms with Crippen LogP contribution in [0.2, 0.25) is 0 Å². The molecule has 2 aliphatic heterocycles. The molecular weight excluding hydrogens is 313 g/mol. The number of nitrogens with zero attached hydrogens (tertiary/aromatic N) is 1. The van der Waals surface area contributed by atoms with Crippen LogP contribution < -0.4 is 5.32 Å². The Morgan fingerprint density at radius 2 is 1.82 bits per heavy atom. The van der Waals surface area contributed by atoms with Crippen molar-refractivity contribution in [1.29, 1.82) is 0 Å². The molecule has 120 valence electrons. The third-order valence-electron chi connectivity index (χ3n) is 4.22. The van der Waals surface area contributed by atoms with E-state index in [0.717, 1.165) is 32.4 Å². The van der Waals surface area contributed by atoms with E-state index in [2.05, 4.69) is 5.32 Å². The van der Waals surface area contributed by atoms with Crippen LogP contribution in [0.4, 0.5) is 13.2 Å². The Hall–Kier alpha value is -1.21. The van der Waals surface area contributed by atoms with E-state index in [-0.39, 0.29) is 34.6 Å². The van der Waals surface area contributed by atoms with Crippen LogP contribution in [0.1, 0.15) is 29.6 Å². The molecule has 0 aromatic heterocycles. The summed E-state index contributed by atoms with van der Waals surface area (Å²) in [5, 5.41) is 3.33. The highest BCUT2D eigenvalue weighted by molar-refractivity contribution is 8.00. The number of carbonyl (C=O) groups excluding carboxylic acids is 1. The van der Waals surface area contributed by atoms with Crippen LogP contribution in [-0.2, 0) is 0 Å². The summed E-state index contributed by atoms with van der Waals surface area (Å²) in [5.41, 5.74) is -3.84. The van der Waals surface area contributed by atoms with Crippen LogP contribution in [0.3, 0.4) is 0 Å². The zero-order valence-corrected chi connectivity index (χ0v) is 12.7. The topological polar surface area (TPSA) is 32.3 Å². The van der Waals surface area contributed by atoms with Gasteiger partial charge in [-0.15, -0.1) is 0 Å². The smallest absolute Gasteiger partial charge is 0.331 e. The average molecular weight is 330 g/mol. The number of hydrogen-bond donors (Lipinski definition) is 1. The molecule has 2 aliphatic rings. The Balaban J connectivity index is 1.75. The highest BCUT2D eigenvalue weighted by Gasteiger charge is 2.38. The summed E-state index contributed by atoms with van der Waals surface area (Å²) in [4.78, 5) is 14.7. The van der Waals surface area contributed by atoms with Gasteiger partial charge in [0.15, 0.2) is 0 Å². The summed E-state index contributed by atoms with van der Waals surface area (Å²) in [5.74, 6) is -0.0697. The van der Waals surface area contributed by atoms with Crippen LogP contribution in [-0.4, -0.2) is 41.5 Å². The highest BCUT2D eigenvalue weighted by Crippen LogP contribution is 2.37. The summed E-state index contributed by atoms with van der Waals surface area (Å²) < 4.78 is 37.0. The van der Waals surface area contributed by atoms with Crippen LogP contribution >= 0.6 is 11.8 Å². The minimum atomic E-state index is -4.30. The number of fused-ring (bicyclic) bond motifs is 2. The van der Waals surface area contributed by atoms with E-state index in [0.29, 0.717) is 5.56 Å². The molecular formula is C15H17F3N2OS. The van der Waals surface area contributed by atoms with Gasteiger partial charge < -0.3 is 10.2 Å². The molecule has 2 saturated heterocycles. The number of alkyl halides is 3. The van der Waals surface area contributed by atoms with Crippen molar-refractivity contribution in [3.63, 3.8) is 0 Å². The molecule has 1 amide bonds. The van der Waals surface area contributed by atoms with Crippen LogP contribution in [0.15, 0.2) is 29.2 Å². The molecule has 1 N–H and O–H groups in total. The molecule has 2 heterocycles. The second-order valence-electron chi connectivity index (χ2n) is 5.66. The fourth-order valence-electron chi connectivity index (χ4n) is 3.26. The van der Waals surface area contributed by atoms with E-state index < -0.39 is 5.51 Å². The fourth-order valence-corrected chi connectivity index (χ4v) is 3.80. The van der Waals surface area contributed by atoms with Crippen molar-refractivity contribution in [1.82, 2.24) is 10.2 Å². The summed E-state index contributed by atoms with van der Waals surface area (Å²) in [7, 11) is 0. The van der Waals surface area contributed by atoms with E-state index in [4.69, 9.17) is 0 Å². The molecule has 2 bridgehead atoms. The minimum Gasteiger partial charge on any atom is -0.331 e. The van der Waals surface area contributed by atoms with Gasteiger partial charge in [-0.3, -0.25) is 4.79 Å². The standard InChI is InChI=1S/C15H17F3N2OS/c16-15(17,18)22-13-5-1-10(2-6-13)14(21)20-11-3-4-12(20)9-19-8-7-11/h1-2,5-6,11-12,19H,3-4,7-9H2. The van der Waals surface area contributed by atoms with E-state index in [1.54, 1.807) is 0 Å². The normalized spacial score (nSPS) is 25.1. The lowest BCUT2D eigenvalue weighted by Crippen LogP contribution is -2.42. The van der Waals surface area contributed by atoms with E-state index in [9.17, 15) is 18.0 Å². The lowest BCUT2D eigenvalue weighted by atomic mass is 10.1. The summed E-state index contributed by atoms with van der Waals surface area (Å²) >= 11 is -0.161. The van der Waals surface area contributed by atoms with Gasteiger partial charge >= 0.3 is 5.51 Å². The molecule has 1 aromatic carbocycles. The average Bonchev–Trinajstić information content (AvgIpc) is 2.70. The monoisotopic (exact) mass is 330 g/mol. The molecule has 0 saturated carbocycles. The molecule has 1 aromatic rings. The molecule has 7 heteroatoms. The van der Waals surface area contributed by atoms with Crippen LogP contribution in [0, 0.1) is 0 Å². The first-order valence-corrected chi connectivity index (χ1v) is 8.15. The second-order valence-corrected chi connectivity index (χ2v) is 6.80. The number of hydrogen-bond acceptors (Lipinski definition) is 3. The highest BCUT2D eigenvalue weighted by atomic mass is 32.2. The summed E-state index contributed by atoms with van der Waals surface area (Å²) in [6.07, 6.45) is 2.94. The molecule has 3 nitrogen and oxygen atoms in total. The van der Waals surface area contributed by atoms with Crippen molar-refractivity contribution in [3.8, 4) is 0 Å². The van der Waals surface area contributed by atoms with Crippen molar-refractivity contribution < 1.29 is 18.0 Å². The quantitative estimate of drug-likeness (QED) is 0.845.